The summed E-state index contributed by atoms with van der Waals surface area (Å²) in [5.41, 5.74) is 6.55. The van der Waals surface area contributed by atoms with E-state index in [2.05, 4.69) is 55.0 Å². The Hall–Kier alpha value is -1.83. The Morgan fingerprint density at radius 1 is 1.18 bits per heavy atom. The fourth-order valence-electron chi connectivity index (χ4n) is 2.19. The van der Waals surface area contributed by atoms with Crippen LogP contribution in [0.25, 0.3) is 6.08 Å². The van der Waals surface area contributed by atoms with Crippen molar-refractivity contribution in [3.05, 3.63) is 58.7 Å². The highest BCUT2D eigenvalue weighted by Gasteiger charge is 2.01. The monoisotopic (exact) mass is 226 g/mol. The molecule has 1 heterocycles. The minimum atomic E-state index is 0.969. The molecule has 1 aromatic carbocycles. The lowest BCUT2D eigenvalue weighted by molar-refractivity contribution is 1.15. The molecule has 0 aliphatic heterocycles. The van der Waals surface area contributed by atoms with Crippen LogP contribution in [0.2, 0.25) is 0 Å². The van der Waals surface area contributed by atoms with Gasteiger partial charge in [0.05, 0.1) is 18.2 Å². The topological polar surface area (TPSA) is 28.7 Å². The van der Waals surface area contributed by atoms with E-state index in [0.717, 1.165) is 12.1 Å². The summed E-state index contributed by atoms with van der Waals surface area (Å²) in [6, 6.07) is 4.48. The van der Waals surface area contributed by atoms with Gasteiger partial charge in [-0.25, -0.2) is 4.98 Å². The molecule has 1 aromatic heterocycles. The molecule has 2 aromatic rings. The predicted molar refractivity (Wildman–Crippen MR) is 72.0 cm³/mol. The first kappa shape index (κ1) is 11.6. The third kappa shape index (κ3) is 2.84. The molecule has 0 aliphatic rings. The Morgan fingerprint density at radius 3 is 2.47 bits per heavy atom. The van der Waals surface area contributed by atoms with E-state index in [1.54, 1.807) is 6.33 Å². The summed E-state index contributed by atoms with van der Waals surface area (Å²) in [4.78, 5) is 7.05. The molecule has 2 nitrogen and oxygen atoms in total. The number of nitrogens with one attached hydrogen (secondary N) is 1. The highest BCUT2D eigenvalue weighted by molar-refractivity contribution is 5.46. The molecule has 17 heavy (non-hydrogen) atoms. The lowest BCUT2D eigenvalue weighted by Crippen LogP contribution is -1.93. The van der Waals surface area contributed by atoms with E-state index in [1.165, 1.54) is 22.3 Å². The number of aryl methyl sites for hydroxylation is 3. The van der Waals surface area contributed by atoms with Crippen molar-refractivity contribution in [2.24, 2.45) is 0 Å². The predicted octanol–water partition coefficient (Wildman–Crippen LogP) is 3.59. The van der Waals surface area contributed by atoms with Crippen molar-refractivity contribution < 1.29 is 0 Å². The van der Waals surface area contributed by atoms with Gasteiger partial charge in [0.1, 0.15) is 0 Å². The maximum absolute atomic E-state index is 3.99. The molecule has 1 N–H and O–H groups in total. The van der Waals surface area contributed by atoms with Crippen molar-refractivity contribution in [2.45, 2.75) is 27.2 Å². The van der Waals surface area contributed by atoms with Gasteiger partial charge in [0.15, 0.2) is 0 Å². The van der Waals surface area contributed by atoms with Crippen molar-refractivity contribution in [3.63, 3.8) is 0 Å². The normalized spacial score (nSPS) is 11.2. The highest BCUT2D eigenvalue weighted by atomic mass is 14.8. The molecule has 0 spiro atoms. The van der Waals surface area contributed by atoms with Crippen LogP contribution in [0.4, 0.5) is 0 Å². The molecule has 0 atom stereocenters. The third-order valence-electron chi connectivity index (χ3n) is 2.98. The zero-order valence-corrected chi connectivity index (χ0v) is 10.6. The van der Waals surface area contributed by atoms with Crippen LogP contribution in [0, 0.1) is 20.8 Å². The zero-order valence-electron chi connectivity index (χ0n) is 10.6. The number of rotatable bonds is 3. The van der Waals surface area contributed by atoms with Crippen molar-refractivity contribution in [1.82, 2.24) is 9.97 Å². The van der Waals surface area contributed by atoms with E-state index in [0.29, 0.717) is 0 Å². The molecule has 2 rings (SSSR count). The average Bonchev–Trinajstić information content (AvgIpc) is 2.74. The number of benzene rings is 1. The summed E-state index contributed by atoms with van der Waals surface area (Å²) < 4.78 is 0. The summed E-state index contributed by atoms with van der Waals surface area (Å²) in [6.07, 6.45) is 8.74. The van der Waals surface area contributed by atoms with Crippen LogP contribution < -0.4 is 0 Å². The van der Waals surface area contributed by atoms with Crippen molar-refractivity contribution >= 4 is 6.08 Å². The Labute approximate surface area is 102 Å². The molecular weight excluding hydrogens is 208 g/mol. The molecule has 0 bridgehead atoms. The van der Waals surface area contributed by atoms with Gasteiger partial charge in [-0.1, -0.05) is 23.8 Å². The van der Waals surface area contributed by atoms with Gasteiger partial charge in [0.2, 0.25) is 0 Å². The van der Waals surface area contributed by atoms with Gasteiger partial charge in [-0.05, 0) is 50.0 Å². The molecule has 88 valence electrons. The van der Waals surface area contributed by atoms with E-state index in [4.69, 9.17) is 0 Å². The van der Waals surface area contributed by atoms with E-state index >= 15 is 0 Å². The summed E-state index contributed by atoms with van der Waals surface area (Å²) in [7, 11) is 0. The third-order valence-corrected chi connectivity index (χ3v) is 2.98. The van der Waals surface area contributed by atoms with Crippen molar-refractivity contribution in [2.75, 3.05) is 0 Å². The Balaban J connectivity index is 2.14. The molecule has 0 fully saturated rings. The molecule has 2 heteroatoms. The number of aromatic nitrogens is 2. The van der Waals surface area contributed by atoms with Crippen LogP contribution in [-0.4, -0.2) is 9.97 Å². The highest BCUT2D eigenvalue weighted by Crippen LogP contribution is 2.17. The van der Waals surface area contributed by atoms with Gasteiger partial charge < -0.3 is 4.98 Å². The molecule has 0 radical (unpaired) electrons. The fourth-order valence-corrected chi connectivity index (χ4v) is 2.19. The number of hydrogen-bond acceptors (Lipinski definition) is 1. The van der Waals surface area contributed by atoms with Gasteiger partial charge in [0, 0.05) is 0 Å². The van der Waals surface area contributed by atoms with Crippen LogP contribution in [0.1, 0.15) is 27.9 Å². The first-order valence-corrected chi connectivity index (χ1v) is 5.88. The Bertz CT molecular complexity index is 499. The molecule has 0 saturated carbocycles. The number of nitrogens with zero attached hydrogens (tertiary/aromatic N) is 1. The number of H-pyrrole nitrogens is 1. The van der Waals surface area contributed by atoms with Crippen LogP contribution >= 0.6 is 0 Å². The van der Waals surface area contributed by atoms with E-state index in [9.17, 15) is 0 Å². The van der Waals surface area contributed by atoms with Crippen LogP contribution in [0.3, 0.4) is 0 Å². The maximum atomic E-state index is 3.99. The maximum Gasteiger partial charge on any atom is 0.0924 e. The second-order valence-electron chi connectivity index (χ2n) is 4.49. The molecular formula is C15H18N2. The van der Waals surface area contributed by atoms with Gasteiger partial charge in [-0.2, -0.15) is 0 Å². The quantitative estimate of drug-likeness (QED) is 0.851. The molecule has 0 amide bonds. The summed E-state index contributed by atoms with van der Waals surface area (Å²) in [5.74, 6) is 0. The lowest BCUT2D eigenvalue weighted by Gasteiger charge is -2.08. The molecule has 0 aliphatic carbocycles. The summed E-state index contributed by atoms with van der Waals surface area (Å²) in [5, 5.41) is 0. The zero-order chi connectivity index (χ0) is 12.3. The van der Waals surface area contributed by atoms with E-state index in [-0.39, 0.29) is 0 Å². The second kappa shape index (κ2) is 5.00. The minimum Gasteiger partial charge on any atom is -0.345 e. The second-order valence-corrected chi connectivity index (χ2v) is 4.49. The van der Waals surface area contributed by atoms with Gasteiger partial charge in [-0.15, -0.1) is 0 Å². The first-order valence-electron chi connectivity index (χ1n) is 5.88. The van der Waals surface area contributed by atoms with E-state index < -0.39 is 0 Å². The van der Waals surface area contributed by atoms with Crippen LogP contribution in [-0.2, 0) is 6.42 Å². The smallest absolute Gasteiger partial charge is 0.0924 e. The van der Waals surface area contributed by atoms with Crippen LogP contribution in [0.15, 0.2) is 30.7 Å². The Kier molecular flexibility index (Phi) is 3.43. The largest absolute Gasteiger partial charge is 0.345 e. The number of hydrogen-bond donors (Lipinski definition) is 1. The number of aromatic amines is 1. The van der Waals surface area contributed by atoms with Gasteiger partial charge in [-0.3, -0.25) is 0 Å². The van der Waals surface area contributed by atoms with Crippen molar-refractivity contribution in [3.8, 4) is 0 Å². The molecule has 0 saturated heterocycles. The Morgan fingerprint density at radius 2 is 1.88 bits per heavy atom. The minimum absolute atomic E-state index is 0.969. The van der Waals surface area contributed by atoms with Gasteiger partial charge >= 0.3 is 0 Å². The number of imidazole rings is 1. The van der Waals surface area contributed by atoms with Gasteiger partial charge in [0.25, 0.3) is 0 Å². The molecule has 0 unspecified atom stereocenters. The first-order chi connectivity index (χ1) is 8.16. The lowest BCUT2D eigenvalue weighted by atomic mass is 9.97. The van der Waals surface area contributed by atoms with Crippen molar-refractivity contribution in [1.29, 1.82) is 0 Å². The summed E-state index contributed by atoms with van der Waals surface area (Å²) >= 11 is 0. The SMILES string of the molecule is Cc1cc(C)c(CC=Cc2cnc[nH]2)c(C)c1. The van der Waals surface area contributed by atoms with E-state index in [1.807, 2.05) is 6.20 Å². The fraction of sp³-hybridized carbons (Fsp3) is 0.267. The number of allylic oxidation sites excluding steroid dienone is 1. The summed E-state index contributed by atoms with van der Waals surface area (Å²) in [6.45, 7) is 6.50. The average molecular weight is 226 g/mol. The standard InChI is InChI=1S/C15H18N2/c1-11-7-12(2)15(13(3)8-11)6-4-5-14-9-16-10-17-14/h4-5,7-10H,6H2,1-3H3,(H,16,17). The van der Waals surface area contributed by atoms with Crippen LogP contribution in [0.5, 0.6) is 0 Å².